The molecule has 2 rings (SSSR count). The van der Waals surface area contributed by atoms with E-state index in [4.69, 9.17) is 4.74 Å². The minimum absolute atomic E-state index is 0.152. The molecule has 7 heteroatoms. The summed E-state index contributed by atoms with van der Waals surface area (Å²) in [6.07, 6.45) is 0.681. The maximum atomic E-state index is 12.6. The molecule has 0 spiro atoms. The Morgan fingerprint density at radius 3 is 2.20 bits per heavy atom. The fourth-order valence-corrected chi connectivity index (χ4v) is 4.26. The van der Waals surface area contributed by atoms with Crippen molar-refractivity contribution < 1.29 is 18.3 Å². The molecule has 0 heterocycles. The van der Waals surface area contributed by atoms with Gasteiger partial charge in [-0.05, 0) is 48.4 Å². The fraction of sp³-hybridized carbons (Fsp3) is 0.333. The van der Waals surface area contributed by atoms with Crippen molar-refractivity contribution in [2.45, 2.75) is 30.2 Å². The van der Waals surface area contributed by atoms with Crippen LogP contribution in [0.2, 0.25) is 0 Å². The number of methoxy groups -OCH3 is 1. The Hall–Kier alpha value is -1.41. The zero-order chi connectivity index (χ0) is 18.4. The SMILES string of the molecule is CC[C@H](c1ccc(OC)cc1)[C@@H](CO)NS(=O)(=O)c1ccc(Br)cc1. The van der Waals surface area contributed by atoms with Crippen LogP contribution in [0, 0.1) is 0 Å². The molecule has 0 aliphatic carbocycles. The normalized spacial score (nSPS) is 14.1. The number of nitrogens with one attached hydrogen (secondary N) is 1. The van der Waals surface area contributed by atoms with Crippen LogP contribution in [-0.4, -0.2) is 33.3 Å². The third kappa shape index (κ3) is 5.04. The van der Waals surface area contributed by atoms with E-state index in [2.05, 4.69) is 20.7 Å². The molecule has 2 atom stereocenters. The van der Waals surface area contributed by atoms with Crippen molar-refractivity contribution in [1.29, 1.82) is 0 Å². The van der Waals surface area contributed by atoms with Crippen LogP contribution >= 0.6 is 15.9 Å². The lowest BCUT2D eigenvalue weighted by Gasteiger charge is -2.26. The number of hydrogen-bond acceptors (Lipinski definition) is 4. The van der Waals surface area contributed by atoms with E-state index in [-0.39, 0.29) is 17.4 Å². The number of rotatable bonds is 8. The molecule has 2 aromatic carbocycles. The van der Waals surface area contributed by atoms with Gasteiger partial charge in [0.25, 0.3) is 0 Å². The predicted octanol–water partition coefficient (Wildman–Crippen LogP) is 3.29. The third-order valence-corrected chi connectivity index (χ3v) is 6.13. The van der Waals surface area contributed by atoms with Gasteiger partial charge < -0.3 is 9.84 Å². The van der Waals surface area contributed by atoms with Gasteiger partial charge in [-0.2, -0.15) is 0 Å². The van der Waals surface area contributed by atoms with Crippen molar-refractivity contribution >= 4 is 26.0 Å². The highest BCUT2D eigenvalue weighted by Gasteiger charge is 2.27. The zero-order valence-electron chi connectivity index (χ0n) is 14.1. The van der Waals surface area contributed by atoms with Gasteiger partial charge in [-0.3, -0.25) is 0 Å². The Labute approximate surface area is 157 Å². The van der Waals surface area contributed by atoms with Crippen molar-refractivity contribution in [2.24, 2.45) is 0 Å². The monoisotopic (exact) mass is 427 g/mol. The first-order chi connectivity index (χ1) is 11.9. The number of hydrogen-bond donors (Lipinski definition) is 2. The summed E-state index contributed by atoms with van der Waals surface area (Å²) < 4.78 is 33.8. The maximum absolute atomic E-state index is 12.6. The summed E-state index contributed by atoms with van der Waals surface area (Å²) in [5, 5.41) is 9.78. The van der Waals surface area contributed by atoms with Crippen molar-refractivity contribution in [3.05, 3.63) is 58.6 Å². The predicted molar refractivity (Wildman–Crippen MR) is 101 cm³/mol. The lowest BCUT2D eigenvalue weighted by atomic mass is 9.90. The number of ether oxygens (including phenoxy) is 1. The Kier molecular flexibility index (Phi) is 7.01. The van der Waals surface area contributed by atoms with E-state index in [9.17, 15) is 13.5 Å². The van der Waals surface area contributed by atoms with Crippen molar-refractivity contribution in [2.75, 3.05) is 13.7 Å². The van der Waals surface area contributed by atoms with Crippen molar-refractivity contribution in [3.63, 3.8) is 0 Å². The van der Waals surface area contributed by atoms with Crippen LogP contribution in [0.15, 0.2) is 57.9 Å². The first kappa shape index (κ1) is 19.9. The molecule has 0 saturated heterocycles. The van der Waals surface area contributed by atoms with Crippen molar-refractivity contribution in [1.82, 2.24) is 4.72 Å². The molecule has 0 radical (unpaired) electrons. The number of aliphatic hydroxyl groups is 1. The number of benzene rings is 2. The van der Waals surface area contributed by atoms with Gasteiger partial charge in [-0.15, -0.1) is 0 Å². The van der Waals surface area contributed by atoms with Crippen LogP contribution in [-0.2, 0) is 10.0 Å². The third-order valence-electron chi connectivity index (χ3n) is 4.10. The molecule has 0 fully saturated rings. The minimum Gasteiger partial charge on any atom is -0.497 e. The van der Waals surface area contributed by atoms with E-state index in [1.807, 2.05) is 31.2 Å². The van der Waals surface area contributed by atoms with Crippen LogP contribution in [0.25, 0.3) is 0 Å². The molecule has 0 unspecified atom stereocenters. The Balaban J connectivity index is 2.25. The smallest absolute Gasteiger partial charge is 0.240 e. The standard InChI is InChI=1S/C18H22BrNO4S/c1-3-17(13-4-8-15(24-2)9-5-13)18(12-21)20-25(22,23)16-10-6-14(19)7-11-16/h4-11,17-18,20-21H,3,12H2,1-2H3/t17-,18-/m1/s1. The number of halogens is 1. The minimum atomic E-state index is -3.72. The maximum Gasteiger partial charge on any atom is 0.240 e. The number of aliphatic hydroxyl groups excluding tert-OH is 1. The van der Waals surface area contributed by atoms with E-state index >= 15 is 0 Å². The van der Waals surface area contributed by atoms with Gasteiger partial charge >= 0.3 is 0 Å². The summed E-state index contributed by atoms with van der Waals surface area (Å²) in [6.45, 7) is 1.67. The molecular formula is C18H22BrNO4S. The van der Waals surface area contributed by atoms with Gasteiger partial charge in [0, 0.05) is 10.4 Å². The van der Waals surface area contributed by atoms with Gasteiger partial charge in [-0.1, -0.05) is 35.0 Å². The average Bonchev–Trinajstić information content (AvgIpc) is 2.62. The summed E-state index contributed by atoms with van der Waals surface area (Å²) in [6, 6.07) is 13.2. The van der Waals surface area contributed by atoms with Crippen LogP contribution in [0.5, 0.6) is 5.75 Å². The molecule has 136 valence electrons. The second-order valence-electron chi connectivity index (χ2n) is 5.65. The first-order valence-corrected chi connectivity index (χ1v) is 10.2. The van der Waals surface area contributed by atoms with Gasteiger partial charge in [0.05, 0.1) is 24.7 Å². The molecule has 0 aromatic heterocycles. The van der Waals surface area contributed by atoms with E-state index in [1.54, 1.807) is 19.2 Å². The second kappa shape index (κ2) is 8.80. The molecule has 0 bridgehead atoms. The number of sulfonamides is 1. The molecule has 0 amide bonds. The molecular weight excluding hydrogens is 406 g/mol. The average molecular weight is 428 g/mol. The molecule has 0 saturated carbocycles. The Morgan fingerprint density at radius 1 is 1.12 bits per heavy atom. The molecule has 0 aliphatic rings. The molecule has 2 N–H and O–H groups in total. The van der Waals surface area contributed by atoms with E-state index in [0.29, 0.717) is 6.42 Å². The lowest BCUT2D eigenvalue weighted by Crippen LogP contribution is -2.41. The van der Waals surface area contributed by atoms with E-state index < -0.39 is 16.1 Å². The zero-order valence-corrected chi connectivity index (χ0v) is 16.5. The van der Waals surface area contributed by atoms with E-state index in [1.165, 1.54) is 12.1 Å². The summed E-state index contributed by atoms with van der Waals surface area (Å²) in [5.41, 5.74) is 0.945. The van der Waals surface area contributed by atoms with Crippen LogP contribution in [0.1, 0.15) is 24.8 Å². The largest absolute Gasteiger partial charge is 0.497 e. The van der Waals surface area contributed by atoms with Gasteiger partial charge in [0.1, 0.15) is 5.75 Å². The first-order valence-electron chi connectivity index (χ1n) is 7.94. The molecule has 0 aliphatic heterocycles. The van der Waals surface area contributed by atoms with Crippen LogP contribution < -0.4 is 9.46 Å². The topological polar surface area (TPSA) is 75.6 Å². The van der Waals surface area contributed by atoms with Crippen LogP contribution in [0.3, 0.4) is 0 Å². The quantitative estimate of drug-likeness (QED) is 0.677. The molecule has 2 aromatic rings. The van der Waals surface area contributed by atoms with Crippen LogP contribution in [0.4, 0.5) is 0 Å². The van der Waals surface area contributed by atoms with Gasteiger partial charge in [-0.25, -0.2) is 13.1 Å². The molecule has 25 heavy (non-hydrogen) atoms. The van der Waals surface area contributed by atoms with Gasteiger partial charge in [0.2, 0.25) is 10.0 Å². The summed E-state index contributed by atoms with van der Waals surface area (Å²) >= 11 is 3.29. The van der Waals surface area contributed by atoms with E-state index in [0.717, 1.165) is 15.8 Å². The summed E-state index contributed by atoms with van der Waals surface area (Å²) in [4.78, 5) is 0.165. The Bertz CT molecular complexity index is 776. The highest BCUT2D eigenvalue weighted by Crippen LogP contribution is 2.26. The fourth-order valence-electron chi connectivity index (χ4n) is 2.73. The highest BCUT2D eigenvalue weighted by atomic mass is 79.9. The summed E-state index contributed by atoms with van der Waals surface area (Å²) in [7, 11) is -2.13. The highest BCUT2D eigenvalue weighted by molar-refractivity contribution is 9.10. The second-order valence-corrected chi connectivity index (χ2v) is 8.28. The Morgan fingerprint density at radius 2 is 1.72 bits per heavy atom. The van der Waals surface area contributed by atoms with Gasteiger partial charge in [0.15, 0.2) is 0 Å². The van der Waals surface area contributed by atoms with Crippen molar-refractivity contribution in [3.8, 4) is 5.75 Å². The lowest BCUT2D eigenvalue weighted by molar-refractivity contribution is 0.236. The molecule has 5 nitrogen and oxygen atoms in total. The summed E-state index contributed by atoms with van der Waals surface area (Å²) in [5.74, 6) is 0.579.